The minimum absolute atomic E-state index is 0.0910. The van der Waals surface area contributed by atoms with E-state index in [1.807, 2.05) is 29.2 Å². The highest BCUT2D eigenvalue weighted by molar-refractivity contribution is 6.00. The van der Waals surface area contributed by atoms with Gasteiger partial charge in [0.05, 0.1) is 47.7 Å². The molecule has 1 N–H and O–H groups in total. The number of ether oxygens (including phenoxy) is 6. The van der Waals surface area contributed by atoms with E-state index in [9.17, 15) is 14.4 Å². The Morgan fingerprint density at radius 1 is 0.804 bits per heavy atom. The largest absolute Gasteiger partial charge is 0.493 e. The molecule has 11 heteroatoms. The number of esters is 2. The van der Waals surface area contributed by atoms with E-state index in [-0.39, 0.29) is 32.0 Å². The number of methoxy groups -OCH3 is 4. The second-order valence-electron chi connectivity index (χ2n) is 12.2. The van der Waals surface area contributed by atoms with Crippen molar-refractivity contribution in [3.63, 3.8) is 0 Å². The molecule has 0 aromatic heterocycles. The summed E-state index contributed by atoms with van der Waals surface area (Å²) in [5.41, 5.74) is 1.67. The summed E-state index contributed by atoms with van der Waals surface area (Å²) in [5.74, 6) is 0.550. The zero-order valence-electron chi connectivity index (χ0n) is 27.9. The molecule has 3 atom stereocenters. The van der Waals surface area contributed by atoms with E-state index in [4.69, 9.17) is 28.4 Å². The third kappa shape index (κ3) is 5.42. The van der Waals surface area contributed by atoms with E-state index < -0.39 is 34.9 Å². The fourth-order valence-electron chi connectivity index (χ4n) is 8.00. The van der Waals surface area contributed by atoms with Crippen LogP contribution in [0.5, 0.6) is 23.0 Å². The van der Waals surface area contributed by atoms with Gasteiger partial charge in [0.15, 0.2) is 28.4 Å². The zero-order chi connectivity index (χ0) is 33.2. The van der Waals surface area contributed by atoms with E-state index in [2.05, 4.69) is 5.32 Å². The van der Waals surface area contributed by atoms with Gasteiger partial charge in [-0.15, -0.1) is 0 Å². The predicted molar refractivity (Wildman–Crippen MR) is 169 cm³/mol. The van der Waals surface area contributed by atoms with Gasteiger partial charge in [-0.25, -0.2) is 0 Å². The Morgan fingerprint density at radius 3 is 1.93 bits per heavy atom. The van der Waals surface area contributed by atoms with Crippen LogP contribution < -0.4 is 24.3 Å². The van der Waals surface area contributed by atoms with E-state index in [0.717, 1.165) is 28.7 Å². The summed E-state index contributed by atoms with van der Waals surface area (Å²) in [6.45, 7) is 6.37. The molecule has 3 aliphatic rings. The number of nitrogens with one attached hydrogen (secondary N) is 1. The standard InChI is InChI=1S/C35H46N2O9/c1-8-45-32(39)34(33(40)46-9-2)12-13-35(25-19-30(44-7)28(42-5)17-23(25)10-14-36-35)26(20-34)31-24-18-29(43-6)27(41-4)16-22(24)11-15-37(31)21(3)38/h16-19,26,31,36H,8-15,20H2,1-7H3. The van der Waals surface area contributed by atoms with Gasteiger partial charge in [0, 0.05) is 31.5 Å². The highest BCUT2D eigenvalue weighted by Crippen LogP contribution is 2.59. The number of fused-ring (bicyclic) bond motifs is 3. The van der Waals surface area contributed by atoms with Gasteiger partial charge in [-0.3, -0.25) is 14.4 Å². The maximum atomic E-state index is 13.9. The molecule has 2 aliphatic heterocycles. The van der Waals surface area contributed by atoms with Crippen molar-refractivity contribution in [2.45, 2.75) is 64.5 Å². The number of amides is 1. The van der Waals surface area contributed by atoms with Gasteiger partial charge in [-0.2, -0.15) is 0 Å². The molecular formula is C35H46N2O9. The molecular weight excluding hydrogens is 592 g/mol. The summed E-state index contributed by atoms with van der Waals surface area (Å²) < 4.78 is 34.0. The van der Waals surface area contributed by atoms with Gasteiger partial charge < -0.3 is 38.6 Å². The minimum atomic E-state index is -1.56. The van der Waals surface area contributed by atoms with Crippen LogP contribution in [0.3, 0.4) is 0 Å². The molecule has 2 aromatic carbocycles. The quantitative estimate of drug-likeness (QED) is 0.317. The average molecular weight is 639 g/mol. The van der Waals surface area contributed by atoms with Crippen LogP contribution in [0.4, 0.5) is 0 Å². The highest BCUT2D eigenvalue weighted by atomic mass is 16.6. The fourth-order valence-corrected chi connectivity index (χ4v) is 8.00. The molecule has 2 aromatic rings. The van der Waals surface area contributed by atoms with Crippen molar-refractivity contribution in [2.24, 2.45) is 11.3 Å². The van der Waals surface area contributed by atoms with Crippen LogP contribution in [0.1, 0.15) is 68.3 Å². The molecule has 46 heavy (non-hydrogen) atoms. The van der Waals surface area contributed by atoms with Gasteiger partial charge >= 0.3 is 11.9 Å². The lowest BCUT2D eigenvalue weighted by Gasteiger charge is -2.57. The van der Waals surface area contributed by atoms with Gasteiger partial charge in [0.2, 0.25) is 5.91 Å². The van der Waals surface area contributed by atoms with Crippen LogP contribution in [0.2, 0.25) is 0 Å². The number of carbonyl (C=O) groups is 3. The monoisotopic (exact) mass is 638 g/mol. The topological polar surface area (TPSA) is 122 Å². The first kappa shape index (κ1) is 33.4. The maximum absolute atomic E-state index is 13.9. The van der Waals surface area contributed by atoms with Crippen LogP contribution in [0.15, 0.2) is 24.3 Å². The van der Waals surface area contributed by atoms with Gasteiger partial charge in [-0.05, 0) is 92.5 Å². The lowest BCUT2D eigenvalue weighted by atomic mass is 9.55. The Morgan fingerprint density at radius 2 is 1.37 bits per heavy atom. The Labute approximate surface area is 270 Å². The first-order valence-electron chi connectivity index (χ1n) is 16.0. The smallest absolute Gasteiger partial charge is 0.323 e. The molecule has 1 fully saturated rings. The molecule has 2 heterocycles. The predicted octanol–water partition coefficient (Wildman–Crippen LogP) is 4.12. The van der Waals surface area contributed by atoms with Crippen molar-refractivity contribution in [1.82, 2.24) is 10.2 Å². The molecule has 5 rings (SSSR count). The molecule has 1 saturated carbocycles. The van der Waals surface area contributed by atoms with Gasteiger partial charge in [0.25, 0.3) is 0 Å². The lowest BCUT2D eigenvalue weighted by molar-refractivity contribution is -0.180. The number of hydrogen-bond donors (Lipinski definition) is 1. The number of benzene rings is 2. The second kappa shape index (κ2) is 13.4. The van der Waals surface area contributed by atoms with E-state index in [1.165, 1.54) is 0 Å². The van der Waals surface area contributed by atoms with Crippen LogP contribution >= 0.6 is 0 Å². The molecule has 1 aliphatic carbocycles. The molecule has 0 saturated heterocycles. The van der Waals surface area contributed by atoms with Crippen LogP contribution in [0, 0.1) is 11.3 Å². The maximum Gasteiger partial charge on any atom is 0.323 e. The van der Waals surface area contributed by atoms with Crippen molar-refractivity contribution < 1.29 is 42.8 Å². The molecule has 3 unspecified atom stereocenters. The number of hydrogen-bond acceptors (Lipinski definition) is 10. The second-order valence-corrected chi connectivity index (χ2v) is 12.2. The van der Waals surface area contributed by atoms with E-state index in [0.29, 0.717) is 48.9 Å². The van der Waals surface area contributed by atoms with Crippen molar-refractivity contribution >= 4 is 17.8 Å². The van der Waals surface area contributed by atoms with Crippen LogP contribution in [0.25, 0.3) is 0 Å². The van der Waals surface area contributed by atoms with E-state index >= 15 is 0 Å². The molecule has 0 bridgehead atoms. The normalized spacial score (nSPS) is 23.1. The highest BCUT2D eigenvalue weighted by Gasteiger charge is 2.62. The van der Waals surface area contributed by atoms with Crippen molar-refractivity contribution in [2.75, 3.05) is 54.7 Å². The van der Waals surface area contributed by atoms with Gasteiger partial charge in [-0.1, -0.05) is 0 Å². The van der Waals surface area contributed by atoms with Gasteiger partial charge in [0.1, 0.15) is 0 Å². The molecule has 11 nitrogen and oxygen atoms in total. The summed E-state index contributed by atoms with van der Waals surface area (Å²) in [5, 5.41) is 3.85. The average Bonchev–Trinajstić information content (AvgIpc) is 3.07. The summed E-state index contributed by atoms with van der Waals surface area (Å²) in [7, 11) is 6.40. The molecule has 250 valence electrons. The first-order valence-corrected chi connectivity index (χ1v) is 16.0. The summed E-state index contributed by atoms with van der Waals surface area (Å²) in [6.07, 6.45) is 2.05. The first-order chi connectivity index (χ1) is 22.1. The third-order valence-corrected chi connectivity index (χ3v) is 10.1. The van der Waals surface area contributed by atoms with Crippen LogP contribution in [-0.4, -0.2) is 77.5 Å². The number of nitrogens with zero attached hydrogens (tertiary/aromatic N) is 1. The number of carbonyl (C=O) groups excluding carboxylic acids is 3. The molecule has 1 amide bonds. The van der Waals surface area contributed by atoms with Crippen molar-refractivity contribution in [1.29, 1.82) is 0 Å². The summed E-state index contributed by atoms with van der Waals surface area (Å²) >= 11 is 0. The Hall–Kier alpha value is -3.99. The summed E-state index contributed by atoms with van der Waals surface area (Å²) in [4.78, 5) is 43.2. The van der Waals surface area contributed by atoms with Crippen LogP contribution in [-0.2, 0) is 42.2 Å². The van der Waals surface area contributed by atoms with E-state index in [1.54, 1.807) is 49.2 Å². The third-order valence-electron chi connectivity index (χ3n) is 10.1. The molecule has 1 spiro atoms. The van der Waals surface area contributed by atoms with Crippen molar-refractivity contribution in [3.05, 3.63) is 46.5 Å². The molecule has 0 radical (unpaired) electrons. The Kier molecular flexibility index (Phi) is 9.72. The zero-order valence-corrected chi connectivity index (χ0v) is 27.9. The number of rotatable bonds is 9. The SMILES string of the molecule is CCOC(=O)C1(C(=O)OCC)CCC2(NCCc3cc(OC)c(OC)cc32)C(C2c3cc(OC)c(OC)cc3CCN2C(C)=O)C1. The Balaban J connectivity index is 1.81. The summed E-state index contributed by atoms with van der Waals surface area (Å²) in [6, 6.07) is 7.39. The Bertz CT molecular complexity index is 1470. The fraction of sp³-hybridized carbons (Fsp3) is 0.571. The lowest BCUT2D eigenvalue weighted by Crippen LogP contribution is -2.63. The minimum Gasteiger partial charge on any atom is -0.493 e. The van der Waals surface area contributed by atoms with Crippen molar-refractivity contribution in [3.8, 4) is 23.0 Å².